The Labute approximate surface area is 177 Å². The van der Waals surface area contributed by atoms with E-state index in [1.165, 1.54) is 11.8 Å². The van der Waals surface area contributed by atoms with Crippen molar-refractivity contribution in [3.05, 3.63) is 65.2 Å². The zero-order valence-electron chi connectivity index (χ0n) is 16.8. The molecular formula is C21H23F2N3O3S. The van der Waals surface area contributed by atoms with Crippen molar-refractivity contribution in [2.75, 3.05) is 5.75 Å². The van der Waals surface area contributed by atoms with E-state index in [0.29, 0.717) is 0 Å². The summed E-state index contributed by atoms with van der Waals surface area (Å²) in [7, 11) is 0. The molecule has 0 saturated carbocycles. The molecule has 0 aromatic heterocycles. The Hall–Kier alpha value is -2.94. The molecule has 3 amide bonds. The van der Waals surface area contributed by atoms with Crippen molar-refractivity contribution >= 4 is 29.5 Å². The van der Waals surface area contributed by atoms with Gasteiger partial charge in [-0.3, -0.25) is 25.2 Å². The van der Waals surface area contributed by atoms with Gasteiger partial charge in [0.2, 0.25) is 5.91 Å². The monoisotopic (exact) mass is 435 g/mol. The van der Waals surface area contributed by atoms with Gasteiger partial charge < -0.3 is 5.32 Å². The number of hydrogen-bond acceptors (Lipinski definition) is 4. The number of carbonyl (C=O) groups excluding carboxylic acids is 3. The van der Waals surface area contributed by atoms with Crippen molar-refractivity contribution in [3.63, 3.8) is 0 Å². The molecule has 0 fully saturated rings. The molecule has 0 aliphatic carbocycles. The molecule has 1 atom stereocenters. The summed E-state index contributed by atoms with van der Waals surface area (Å²) in [6, 6.07) is 9.56. The van der Waals surface area contributed by atoms with E-state index in [1.807, 2.05) is 31.2 Å². The molecule has 9 heteroatoms. The van der Waals surface area contributed by atoms with Crippen molar-refractivity contribution in [2.45, 2.75) is 31.7 Å². The first kappa shape index (κ1) is 23.3. The van der Waals surface area contributed by atoms with E-state index in [1.54, 1.807) is 13.8 Å². The first-order chi connectivity index (χ1) is 14.2. The van der Waals surface area contributed by atoms with Crippen LogP contribution in [0.3, 0.4) is 0 Å². The summed E-state index contributed by atoms with van der Waals surface area (Å²) in [6.07, 6.45) is 0. The minimum Gasteiger partial charge on any atom is -0.340 e. The summed E-state index contributed by atoms with van der Waals surface area (Å²) in [5.74, 6) is -4.59. The molecule has 0 heterocycles. The molecule has 0 aliphatic rings. The van der Waals surface area contributed by atoms with Crippen LogP contribution in [-0.2, 0) is 9.59 Å². The Morgan fingerprint density at radius 1 is 0.967 bits per heavy atom. The summed E-state index contributed by atoms with van der Waals surface area (Å²) >= 11 is 1.30. The van der Waals surface area contributed by atoms with Crippen LogP contribution in [0.15, 0.2) is 47.4 Å². The number of rotatable bonds is 7. The lowest BCUT2D eigenvalue weighted by molar-refractivity contribution is -0.129. The average molecular weight is 435 g/mol. The van der Waals surface area contributed by atoms with Gasteiger partial charge in [0.1, 0.15) is 23.2 Å². The molecule has 30 heavy (non-hydrogen) atoms. The second-order valence-corrected chi connectivity index (χ2v) is 7.98. The van der Waals surface area contributed by atoms with Gasteiger partial charge in [-0.1, -0.05) is 37.6 Å². The van der Waals surface area contributed by atoms with Gasteiger partial charge in [-0.2, -0.15) is 0 Å². The topological polar surface area (TPSA) is 87.3 Å². The van der Waals surface area contributed by atoms with E-state index in [2.05, 4.69) is 16.2 Å². The molecule has 160 valence electrons. The highest BCUT2D eigenvalue weighted by atomic mass is 32.2. The fourth-order valence-electron chi connectivity index (χ4n) is 2.49. The minimum atomic E-state index is -1.11. The van der Waals surface area contributed by atoms with Gasteiger partial charge in [0.05, 0.1) is 5.75 Å². The number of hydrogen-bond donors (Lipinski definition) is 3. The van der Waals surface area contributed by atoms with Crippen molar-refractivity contribution in [2.24, 2.45) is 5.92 Å². The molecular weight excluding hydrogens is 412 g/mol. The lowest BCUT2D eigenvalue weighted by Crippen LogP contribution is -2.54. The lowest BCUT2D eigenvalue weighted by Gasteiger charge is -2.22. The van der Waals surface area contributed by atoms with E-state index in [0.717, 1.165) is 28.7 Å². The molecule has 1 unspecified atom stereocenters. The molecule has 3 N–H and O–H groups in total. The van der Waals surface area contributed by atoms with E-state index in [4.69, 9.17) is 0 Å². The Morgan fingerprint density at radius 3 is 2.13 bits per heavy atom. The minimum absolute atomic E-state index is 0.0719. The predicted molar refractivity (Wildman–Crippen MR) is 111 cm³/mol. The summed E-state index contributed by atoms with van der Waals surface area (Å²) in [5, 5.41) is 2.31. The van der Waals surface area contributed by atoms with Crippen molar-refractivity contribution in [1.29, 1.82) is 0 Å². The van der Waals surface area contributed by atoms with Crippen LogP contribution < -0.4 is 16.2 Å². The number of amides is 3. The molecule has 0 spiro atoms. The summed E-state index contributed by atoms with van der Waals surface area (Å²) < 4.78 is 27.6. The van der Waals surface area contributed by atoms with Crippen molar-refractivity contribution < 1.29 is 23.2 Å². The highest BCUT2D eigenvalue weighted by Gasteiger charge is 2.27. The highest BCUT2D eigenvalue weighted by molar-refractivity contribution is 8.00. The quantitative estimate of drug-likeness (QED) is 0.461. The van der Waals surface area contributed by atoms with Crippen LogP contribution in [-0.4, -0.2) is 29.5 Å². The van der Waals surface area contributed by atoms with Gasteiger partial charge in [-0.25, -0.2) is 8.78 Å². The maximum atomic E-state index is 13.8. The average Bonchev–Trinajstić information content (AvgIpc) is 2.69. The summed E-state index contributed by atoms with van der Waals surface area (Å²) in [4.78, 5) is 37.6. The van der Waals surface area contributed by atoms with Crippen LogP contribution in [0.1, 0.15) is 29.8 Å². The smallest absolute Gasteiger partial charge is 0.261 e. The normalized spacial score (nSPS) is 11.7. The number of nitrogens with one attached hydrogen (secondary N) is 3. The third-order valence-corrected chi connectivity index (χ3v) is 5.15. The molecule has 0 saturated heterocycles. The van der Waals surface area contributed by atoms with E-state index in [-0.39, 0.29) is 5.75 Å². The Kier molecular flexibility index (Phi) is 8.35. The van der Waals surface area contributed by atoms with E-state index in [9.17, 15) is 23.2 Å². The van der Waals surface area contributed by atoms with Gasteiger partial charge in [0, 0.05) is 4.90 Å². The Morgan fingerprint density at radius 2 is 1.57 bits per heavy atom. The van der Waals surface area contributed by atoms with Gasteiger partial charge in [-0.05, 0) is 37.1 Å². The number of benzene rings is 2. The fourth-order valence-corrected chi connectivity index (χ4v) is 3.19. The maximum Gasteiger partial charge on any atom is 0.261 e. The second kappa shape index (κ2) is 10.7. The number of halogens is 2. The molecule has 0 radical (unpaired) electrons. The van der Waals surface area contributed by atoms with Gasteiger partial charge in [-0.15, -0.1) is 11.8 Å². The van der Waals surface area contributed by atoms with Crippen molar-refractivity contribution in [1.82, 2.24) is 16.2 Å². The van der Waals surface area contributed by atoms with Crippen LogP contribution in [0.2, 0.25) is 0 Å². The number of thioether (sulfide) groups is 1. The SMILES string of the molecule is Cc1ccc(SCC(=O)NNC(=O)C(NC(=O)c2c(F)cccc2F)C(C)C)cc1. The lowest BCUT2D eigenvalue weighted by atomic mass is 10.0. The zero-order chi connectivity index (χ0) is 22.3. The number of carbonyl (C=O) groups is 3. The zero-order valence-corrected chi connectivity index (χ0v) is 17.6. The molecule has 0 bridgehead atoms. The largest absolute Gasteiger partial charge is 0.340 e. The van der Waals surface area contributed by atoms with E-state index >= 15 is 0 Å². The van der Waals surface area contributed by atoms with Crippen LogP contribution in [0.4, 0.5) is 8.78 Å². The van der Waals surface area contributed by atoms with Crippen LogP contribution in [0.5, 0.6) is 0 Å². The molecule has 2 aromatic rings. The summed E-state index contributed by atoms with van der Waals surface area (Å²) in [6.45, 7) is 5.26. The van der Waals surface area contributed by atoms with Crippen LogP contribution in [0, 0.1) is 24.5 Å². The second-order valence-electron chi connectivity index (χ2n) is 6.93. The first-order valence-corrected chi connectivity index (χ1v) is 10.2. The molecule has 2 rings (SSSR count). The third-order valence-electron chi connectivity index (χ3n) is 4.14. The first-order valence-electron chi connectivity index (χ1n) is 9.22. The van der Waals surface area contributed by atoms with Crippen molar-refractivity contribution in [3.8, 4) is 0 Å². The molecule has 6 nitrogen and oxygen atoms in total. The highest BCUT2D eigenvalue weighted by Crippen LogP contribution is 2.17. The number of aryl methyl sites for hydroxylation is 1. The van der Waals surface area contributed by atoms with Crippen LogP contribution in [0.25, 0.3) is 0 Å². The Balaban J connectivity index is 1.91. The number of hydrazine groups is 1. The Bertz CT molecular complexity index is 900. The fraction of sp³-hybridized carbons (Fsp3) is 0.286. The van der Waals surface area contributed by atoms with Gasteiger partial charge in [0.15, 0.2) is 0 Å². The predicted octanol–water partition coefficient (Wildman–Crippen LogP) is 2.97. The van der Waals surface area contributed by atoms with Crippen LogP contribution >= 0.6 is 11.8 Å². The molecule has 0 aliphatic heterocycles. The van der Waals surface area contributed by atoms with Gasteiger partial charge in [0.25, 0.3) is 11.8 Å². The summed E-state index contributed by atoms with van der Waals surface area (Å²) in [5.41, 5.74) is 4.85. The standard InChI is InChI=1S/C21H23F2N3O3S/c1-12(2)19(24-20(28)18-15(22)5-4-6-16(18)23)21(29)26-25-17(27)11-30-14-9-7-13(3)8-10-14/h4-10,12,19H,11H2,1-3H3,(H,24,28)(H,25,27)(H,26,29). The van der Waals surface area contributed by atoms with E-state index < -0.39 is 46.9 Å². The maximum absolute atomic E-state index is 13.8. The molecule has 2 aromatic carbocycles. The van der Waals surface area contributed by atoms with Gasteiger partial charge >= 0.3 is 0 Å². The third kappa shape index (κ3) is 6.55.